The van der Waals surface area contributed by atoms with Gasteiger partial charge in [-0.1, -0.05) is 19.2 Å². The summed E-state index contributed by atoms with van der Waals surface area (Å²) in [7, 11) is 0. The number of rotatable bonds is 2. The van der Waals surface area contributed by atoms with Gasteiger partial charge in [-0.3, -0.25) is 4.98 Å². The molecule has 0 saturated heterocycles. The number of allylic oxidation sites excluding steroid dienone is 1. The van der Waals surface area contributed by atoms with E-state index in [1.165, 1.54) is 19.2 Å². The van der Waals surface area contributed by atoms with Crippen LogP contribution in [0.1, 0.15) is 23.6 Å². The third-order valence-electron chi connectivity index (χ3n) is 1.93. The van der Waals surface area contributed by atoms with Gasteiger partial charge in [0.05, 0.1) is 5.56 Å². The number of alkyl halides is 3. The predicted molar refractivity (Wildman–Crippen MR) is 54.0 cm³/mol. The van der Waals surface area contributed by atoms with E-state index in [4.69, 9.17) is 0 Å². The number of hydrogen-bond acceptors (Lipinski definition) is 1. The average Bonchev–Trinajstić information content (AvgIpc) is 2.15. The Labute approximate surface area is 86.0 Å². The molecule has 0 aliphatic heterocycles. The van der Waals surface area contributed by atoms with Gasteiger partial charge in [0.2, 0.25) is 0 Å². The smallest absolute Gasteiger partial charge is 0.263 e. The molecule has 0 aliphatic rings. The van der Waals surface area contributed by atoms with Crippen LogP contribution in [0.3, 0.4) is 0 Å². The molecular formula is C11H10F3N. The van der Waals surface area contributed by atoms with Crippen LogP contribution in [-0.4, -0.2) is 4.98 Å². The summed E-state index contributed by atoms with van der Waals surface area (Å²) in [5.74, 6) is 0. The summed E-state index contributed by atoms with van der Waals surface area (Å²) in [6.07, 6.45) is -0.935. The van der Waals surface area contributed by atoms with Crippen LogP contribution < -0.4 is 0 Å². The first-order valence-electron chi connectivity index (χ1n) is 4.21. The Morgan fingerprint density at radius 3 is 2.40 bits per heavy atom. The second-order valence-corrected chi connectivity index (χ2v) is 3.13. The predicted octanol–water partition coefficient (Wildman–Crippen LogP) is 3.78. The van der Waals surface area contributed by atoms with Gasteiger partial charge in [-0.25, -0.2) is 0 Å². The number of nitrogens with zero attached hydrogens (tertiary/aromatic N) is 1. The van der Waals surface area contributed by atoms with Crippen LogP contribution in [0.15, 0.2) is 25.6 Å². The second kappa shape index (κ2) is 3.88. The van der Waals surface area contributed by atoms with Crippen molar-refractivity contribution >= 4 is 11.6 Å². The van der Waals surface area contributed by atoms with E-state index in [0.29, 0.717) is 11.1 Å². The molecule has 1 aromatic heterocycles. The first-order chi connectivity index (χ1) is 6.88. The van der Waals surface area contributed by atoms with E-state index in [1.807, 2.05) is 0 Å². The van der Waals surface area contributed by atoms with Crippen LogP contribution in [0.5, 0.6) is 0 Å². The van der Waals surface area contributed by atoms with Crippen molar-refractivity contribution in [2.45, 2.75) is 13.1 Å². The molecule has 0 unspecified atom stereocenters. The lowest BCUT2D eigenvalue weighted by molar-refractivity contribution is -0.138. The third-order valence-corrected chi connectivity index (χ3v) is 1.93. The molecule has 80 valence electrons. The normalized spacial score (nSPS) is 11.2. The van der Waals surface area contributed by atoms with Gasteiger partial charge in [0.25, 0.3) is 0 Å². The number of aromatic nitrogens is 1. The molecule has 0 aliphatic carbocycles. The summed E-state index contributed by atoms with van der Waals surface area (Å²) in [5.41, 5.74) is -0.0168. The SMILES string of the molecule is C=Cc1cncc(C(F)(F)F)c1C(=C)C. The molecule has 0 saturated carbocycles. The topological polar surface area (TPSA) is 12.9 Å². The van der Waals surface area contributed by atoms with E-state index in [0.717, 1.165) is 6.20 Å². The summed E-state index contributed by atoms with van der Waals surface area (Å²) in [4.78, 5) is 3.53. The lowest BCUT2D eigenvalue weighted by Crippen LogP contribution is -2.10. The fourth-order valence-corrected chi connectivity index (χ4v) is 1.32. The fourth-order valence-electron chi connectivity index (χ4n) is 1.32. The van der Waals surface area contributed by atoms with Gasteiger partial charge < -0.3 is 0 Å². The van der Waals surface area contributed by atoms with Crippen molar-refractivity contribution in [3.63, 3.8) is 0 Å². The third kappa shape index (κ3) is 2.26. The maximum absolute atomic E-state index is 12.6. The van der Waals surface area contributed by atoms with Crippen LogP contribution in [0.25, 0.3) is 11.6 Å². The monoisotopic (exact) mass is 213 g/mol. The van der Waals surface area contributed by atoms with Crippen molar-refractivity contribution in [1.82, 2.24) is 4.98 Å². The lowest BCUT2D eigenvalue weighted by atomic mass is 9.98. The maximum atomic E-state index is 12.6. The Balaban J connectivity index is 3.52. The van der Waals surface area contributed by atoms with Gasteiger partial charge in [-0.05, 0) is 18.1 Å². The molecule has 0 spiro atoms. The molecule has 15 heavy (non-hydrogen) atoms. The molecule has 0 amide bonds. The van der Waals surface area contributed by atoms with Gasteiger partial charge >= 0.3 is 6.18 Å². The highest BCUT2D eigenvalue weighted by molar-refractivity contribution is 5.73. The van der Waals surface area contributed by atoms with Crippen molar-refractivity contribution in [1.29, 1.82) is 0 Å². The first-order valence-corrected chi connectivity index (χ1v) is 4.21. The van der Waals surface area contributed by atoms with Crippen molar-refractivity contribution < 1.29 is 13.2 Å². The van der Waals surface area contributed by atoms with Crippen LogP contribution in [-0.2, 0) is 6.18 Å². The Morgan fingerprint density at radius 2 is 2.00 bits per heavy atom. The van der Waals surface area contributed by atoms with E-state index in [2.05, 4.69) is 18.1 Å². The minimum atomic E-state index is -4.42. The lowest BCUT2D eigenvalue weighted by Gasteiger charge is -2.14. The van der Waals surface area contributed by atoms with Gasteiger partial charge in [0, 0.05) is 18.0 Å². The van der Waals surface area contributed by atoms with Crippen LogP contribution >= 0.6 is 0 Å². The summed E-state index contributed by atoms with van der Waals surface area (Å²) in [6.45, 7) is 8.51. The van der Waals surface area contributed by atoms with Crippen molar-refractivity contribution in [3.05, 3.63) is 42.2 Å². The van der Waals surface area contributed by atoms with Crippen molar-refractivity contribution in [3.8, 4) is 0 Å². The second-order valence-electron chi connectivity index (χ2n) is 3.13. The molecule has 0 radical (unpaired) electrons. The summed E-state index contributed by atoms with van der Waals surface area (Å²) < 4.78 is 37.8. The molecule has 1 nitrogen and oxygen atoms in total. The van der Waals surface area contributed by atoms with Gasteiger partial charge in [0.15, 0.2) is 0 Å². The van der Waals surface area contributed by atoms with Crippen LogP contribution in [0.2, 0.25) is 0 Å². The number of hydrogen-bond donors (Lipinski definition) is 0. The minimum absolute atomic E-state index is 0.0625. The minimum Gasteiger partial charge on any atom is -0.263 e. The van der Waals surface area contributed by atoms with E-state index >= 15 is 0 Å². The Bertz CT molecular complexity index is 405. The van der Waals surface area contributed by atoms with Gasteiger partial charge in [0.1, 0.15) is 0 Å². The molecule has 1 heterocycles. The molecule has 0 N–H and O–H groups in total. The summed E-state index contributed by atoms with van der Waals surface area (Å²) in [5, 5.41) is 0. The van der Waals surface area contributed by atoms with Crippen LogP contribution in [0.4, 0.5) is 13.2 Å². The molecule has 1 rings (SSSR count). The van der Waals surface area contributed by atoms with Crippen molar-refractivity contribution in [2.24, 2.45) is 0 Å². The standard InChI is InChI=1S/C11H10F3N/c1-4-8-5-15-6-9(11(12,13)14)10(8)7(2)3/h4-6H,1-2H2,3H3. The maximum Gasteiger partial charge on any atom is 0.418 e. The highest BCUT2D eigenvalue weighted by Crippen LogP contribution is 2.35. The Kier molecular flexibility index (Phi) is 2.98. The number of pyridine rings is 1. The van der Waals surface area contributed by atoms with Gasteiger partial charge in [-0.15, -0.1) is 0 Å². The Morgan fingerprint density at radius 1 is 1.40 bits per heavy atom. The van der Waals surface area contributed by atoms with E-state index < -0.39 is 11.7 Å². The zero-order valence-electron chi connectivity index (χ0n) is 8.23. The molecule has 0 fully saturated rings. The van der Waals surface area contributed by atoms with Crippen molar-refractivity contribution in [2.75, 3.05) is 0 Å². The fraction of sp³-hybridized carbons (Fsp3) is 0.182. The number of halogens is 3. The molecule has 0 bridgehead atoms. The zero-order valence-corrected chi connectivity index (χ0v) is 8.23. The average molecular weight is 213 g/mol. The van der Waals surface area contributed by atoms with Gasteiger partial charge in [-0.2, -0.15) is 13.2 Å². The molecule has 4 heteroatoms. The van der Waals surface area contributed by atoms with E-state index in [9.17, 15) is 13.2 Å². The van der Waals surface area contributed by atoms with Crippen LogP contribution in [0, 0.1) is 0 Å². The highest BCUT2D eigenvalue weighted by atomic mass is 19.4. The Hall–Kier alpha value is -1.58. The summed E-state index contributed by atoms with van der Waals surface area (Å²) in [6, 6.07) is 0. The summed E-state index contributed by atoms with van der Waals surface area (Å²) >= 11 is 0. The van der Waals surface area contributed by atoms with E-state index in [-0.39, 0.29) is 5.56 Å². The first kappa shape index (κ1) is 11.5. The molecule has 0 atom stereocenters. The van der Waals surface area contributed by atoms with E-state index in [1.54, 1.807) is 0 Å². The molecule has 0 aromatic carbocycles. The quantitative estimate of drug-likeness (QED) is 0.728. The largest absolute Gasteiger partial charge is 0.418 e. The zero-order chi connectivity index (χ0) is 11.6. The molecule has 1 aromatic rings. The highest BCUT2D eigenvalue weighted by Gasteiger charge is 2.34. The molecular weight excluding hydrogens is 203 g/mol.